The first-order valence-corrected chi connectivity index (χ1v) is 9.69. The number of hydrogen-bond donors (Lipinski definition) is 1. The summed E-state index contributed by atoms with van der Waals surface area (Å²) in [5.74, 6) is 0.288. The summed E-state index contributed by atoms with van der Waals surface area (Å²) in [6, 6.07) is 19.5. The molecular weight excluding hydrogens is 334 g/mol. The fourth-order valence-electron chi connectivity index (χ4n) is 2.61. The molecule has 0 saturated carbocycles. The van der Waals surface area contributed by atoms with Gasteiger partial charge in [-0.1, -0.05) is 55.5 Å². The van der Waals surface area contributed by atoms with Gasteiger partial charge < -0.3 is 0 Å². The molecule has 6 heteroatoms. The van der Waals surface area contributed by atoms with Crippen molar-refractivity contribution >= 4 is 10.0 Å². The second kappa shape index (κ2) is 7.63. The second-order valence-corrected chi connectivity index (χ2v) is 7.72. The molecule has 0 amide bonds. The van der Waals surface area contributed by atoms with Crippen molar-refractivity contribution in [1.82, 2.24) is 14.5 Å². The van der Waals surface area contributed by atoms with Crippen molar-refractivity contribution in [2.45, 2.75) is 24.2 Å². The molecule has 0 saturated heterocycles. The van der Waals surface area contributed by atoms with Crippen molar-refractivity contribution in [3.05, 3.63) is 78.6 Å². The maximum atomic E-state index is 12.4. The molecule has 5 nitrogen and oxygen atoms in total. The van der Waals surface area contributed by atoms with Crippen LogP contribution in [0.3, 0.4) is 0 Å². The topological polar surface area (TPSA) is 64.0 Å². The highest BCUT2D eigenvalue weighted by Crippen LogP contribution is 2.18. The zero-order valence-corrected chi connectivity index (χ0v) is 14.9. The molecule has 130 valence electrons. The Labute approximate surface area is 148 Å². The first kappa shape index (κ1) is 17.4. The van der Waals surface area contributed by atoms with Gasteiger partial charge in [-0.2, -0.15) is 5.10 Å². The Kier molecular flexibility index (Phi) is 5.31. The highest BCUT2D eigenvalue weighted by Gasteiger charge is 2.17. The second-order valence-electron chi connectivity index (χ2n) is 5.95. The lowest BCUT2D eigenvalue weighted by molar-refractivity contribution is 0.572. The standard InChI is InChI=1S/C19H21N3O2S/c1-16(17-8-4-2-5-9-17)12-13-21-25(23,24)19-14-20-22(15-19)18-10-6-3-7-11-18/h2-11,14-16,21H,12-13H2,1H3. The van der Waals surface area contributed by atoms with Crippen molar-refractivity contribution < 1.29 is 8.42 Å². The number of nitrogens with one attached hydrogen (secondary N) is 1. The molecule has 0 spiro atoms. The predicted molar refractivity (Wildman–Crippen MR) is 98.2 cm³/mol. The molecule has 0 fully saturated rings. The van der Waals surface area contributed by atoms with Gasteiger partial charge in [0, 0.05) is 6.54 Å². The number of para-hydroxylation sites is 1. The van der Waals surface area contributed by atoms with Crippen LogP contribution in [0.15, 0.2) is 78.0 Å². The SMILES string of the molecule is CC(CCNS(=O)(=O)c1cnn(-c2ccccc2)c1)c1ccccc1. The molecular formula is C19H21N3O2S. The van der Waals surface area contributed by atoms with E-state index in [1.54, 1.807) is 4.68 Å². The van der Waals surface area contributed by atoms with E-state index in [1.165, 1.54) is 18.0 Å². The predicted octanol–water partition coefficient (Wildman–Crippen LogP) is 3.34. The van der Waals surface area contributed by atoms with Crippen molar-refractivity contribution in [2.75, 3.05) is 6.54 Å². The highest BCUT2D eigenvalue weighted by molar-refractivity contribution is 7.89. The fraction of sp³-hybridized carbons (Fsp3) is 0.211. The summed E-state index contributed by atoms with van der Waals surface area (Å²) in [7, 11) is -3.56. The number of benzene rings is 2. The Hall–Kier alpha value is -2.44. The largest absolute Gasteiger partial charge is 0.243 e. The van der Waals surface area contributed by atoms with Gasteiger partial charge in [-0.15, -0.1) is 0 Å². The normalized spacial score (nSPS) is 12.8. The fourth-order valence-corrected chi connectivity index (χ4v) is 3.59. The van der Waals surface area contributed by atoms with E-state index >= 15 is 0 Å². The van der Waals surface area contributed by atoms with E-state index in [2.05, 4.69) is 28.9 Å². The van der Waals surface area contributed by atoms with Gasteiger partial charge in [0.2, 0.25) is 10.0 Å². The summed E-state index contributed by atoms with van der Waals surface area (Å²) in [5.41, 5.74) is 2.03. The van der Waals surface area contributed by atoms with Crippen molar-refractivity contribution in [3.8, 4) is 5.69 Å². The molecule has 2 aromatic carbocycles. The summed E-state index contributed by atoms with van der Waals surface area (Å²) < 4.78 is 29.1. The summed E-state index contributed by atoms with van der Waals surface area (Å²) >= 11 is 0. The zero-order chi connectivity index (χ0) is 17.7. The van der Waals surface area contributed by atoms with Crippen LogP contribution in [0.1, 0.15) is 24.8 Å². The van der Waals surface area contributed by atoms with Crippen molar-refractivity contribution in [3.63, 3.8) is 0 Å². The minimum Gasteiger partial charge on any atom is -0.240 e. The quantitative estimate of drug-likeness (QED) is 0.707. The van der Waals surface area contributed by atoms with Crippen LogP contribution in [0.25, 0.3) is 5.69 Å². The van der Waals surface area contributed by atoms with Gasteiger partial charge in [0.15, 0.2) is 0 Å². The summed E-state index contributed by atoms with van der Waals surface area (Å²) in [6.45, 7) is 2.48. The van der Waals surface area contributed by atoms with E-state index in [9.17, 15) is 8.42 Å². The van der Waals surface area contributed by atoms with Crippen LogP contribution in [-0.2, 0) is 10.0 Å². The third kappa shape index (κ3) is 4.35. The van der Waals surface area contributed by atoms with E-state index in [0.29, 0.717) is 6.54 Å². The molecule has 0 aliphatic rings. The maximum Gasteiger partial charge on any atom is 0.243 e. The van der Waals surface area contributed by atoms with Gasteiger partial charge in [0.1, 0.15) is 4.90 Å². The Bertz CT molecular complexity index is 906. The van der Waals surface area contributed by atoms with E-state index in [0.717, 1.165) is 12.1 Å². The molecule has 3 aromatic rings. The van der Waals surface area contributed by atoms with Gasteiger partial charge in [0.25, 0.3) is 0 Å². The molecule has 0 aliphatic carbocycles. The molecule has 1 unspecified atom stereocenters. The number of sulfonamides is 1. The molecule has 0 bridgehead atoms. The van der Waals surface area contributed by atoms with Crippen LogP contribution in [0.2, 0.25) is 0 Å². The lowest BCUT2D eigenvalue weighted by atomic mass is 9.98. The first-order valence-electron chi connectivity index (χ1n) is 8.21. The van der Waals surface area contributed by atoms with Crippen LogP contribution in [0.4, 0.5) is 0 Å². The molecule has 3 rings (SSSR count). The van der Waals surface area contributed by atoms with E-state index in [4.69, 9.17) is 0 Å². The summed E-state index contributed by atoms with van der Waals surface area (Å²) in [6.07, 6.45) is 3.63. The van der Waals surface area contributed by atoms with E-state index in [-0.39, 0.29) is 10.8 Å². The average molecular weight is 355 g/mol. The van der Waals surface area contributed by atoms with Crippen molar-refractivity contribution in [2.24, 2.45) is 0 Å². The Balaban J connectivity index is 1.62. The van der Waals surface area contributed by atoms with Gasteiger partial charge in [-0.3, -0.25) is 0 Å². The lowest BCUT2D eigenvalue weighted by Crippen LogP contribution is -2.25. The average Bonchev–Trinajstić information content (AvgIpc) is 3.14. The van der Waals surface area contributed by atoms with E-state index in [1.807, 2.05) is 48.5 Å². The maximum absolute atomic E-state index is 12.4. The number of rotatable bonds is 7. The Morgan fingerprint density at radius 2 is 1.68 bits per heavy atom. The number of aromatic nitrogens is 2. The first-order chi connectivity index (χ1) is 12.1. The zero-order valence-electron chi connectivity index (χ0n) is 14.0. The van der Waals surface area contributed by atoms with Crippen LogP contribution in [0.5, 0.6) is 0 Å². The molecule has 0 aliphatic heterocycles. The van der Waals surface area contributed by atoms with Crippen LogP contribution >= 0.6 is 0 Å². The van der Waals surface area contributed by atoms with Crippen molar-refractivity contribution in [1.29, 1.82) is 0 Å². The lowest BCUT2D eigenvalue weighted by Gasteiger charge is -2.12. The van der Waals surface area contributed by atoms with Gasteiger partial charge in [-0.05, 0) is 30.0 Å². The summed E-state index contributed by atoms with van der Waals surface area (Å²) in [5, 5.41) is 4.14. The molecule has 1 N–H and O–H groups in total. The highest BCUT2D eigenvalue weighted by atomic mass is 32.2. The smallest absolute Gasteiger partial charge is 0.240 e. The Morgan fingerprint density at radius 3 is 2.36 bits per heavy atom. The minimum atomic E-state index is -3.56. The molecule has 1 aromatic heterocycles. The van der Waals surface area contributed by atoms with Gasteiger partial charge >= 0.3 is 0 Å². The number of hydrogen-bond acceptors (Lipinski definition) is 3. The summed E-state index contributed by atoms with van der Waals surface area (Å²) in [4.78, 5) is 0.170. The molecule has 25 heavy (non-hydrogen) atoms. The van der Waals surface area contributed by atoms with Crippen LogP contribution < -0.4 is 4.72 Å². The van der Waals surface area contributed by atoms with E-state index < -0.39 is 10.0 Å². The third-order valence-corrected chi connectivity index (χ3v) is 5.54. The number of nitrogens with zero attached hydrogens (tertiary/aromatic N) is 2. The molecule has 1 atom stereocenters. The third-order valence-electron chi connectivity index (χ3n) is 4.13. The minimum absolute atomic E-state index is 0.170. The van der Waals surface area contributed by atoms with Gasteiger partial charge in [0.05, 0.1) is 18.1 Å². The Morgan fingerprint density at radius 1 is 1.04 bits per heavy atom. The molecule has 0 radical (unpaired) electrons. The molecule has 1 heterocycles. The monoisotopic (exact) mass is 355 g/mol. The van der Waals surface area contributed by atoms with Crippen LogP contribution in [0, 0.1) is 0 Å². The van der Waals surface area contributed by atoms with Gasteiger partial charge in [-0.25, -0.2) is 17.8 Å². The van der Waals surface area contributed by atoms with Crippen LogP contribution in [-0.4, -0.2) is 24.7 Å².